The Bertz CT molecular complexity index is 677. The number of aliphatic carboxylic acids is 1. The summed E-state index contributed by atoms with van der Waals surface area (Å²) in [5.74, 6) is -0.229. The lowest BCUT2D eigenvalue weighted by atomic mass is 10.1. The molecule has 2 aromatic rings. The average molecular weight is 288 g/mol. The molecule has 110 valence electrons. The Morgan fingerprint density at radius 2 is 2.05 bits per heavy atom. The zero-order valence-corrected chi connectivity index (χ0v) is 11.7. The van der Waals surface area contributed by atoms with Gasteiger partial charge in [0.1, 0.15) is 12.4 Å². The van der Waals surface area contributed by atoms with E-state index in [2.05, 4.69) is 4.98 Å². The topological polar surface area (TPSA) is 81.4 Å². The monoisotopic (exact) mass is 288 g/mol. The molecule has 1 aromatic heterocycles. The summed E-state index contributed by atoms with van der Waals surface area (Å²) in [4.78, 5) is 25.8. The summed E-state index contributed by atoms with van der Waals surface area (Å²) < 4.78 is 7.02. The van der Waals surface area contributed by atoms with E-state index >= 15 is 0 Å². The van der Waals surface area contributed by atoms with Crippen molar-refractivity contribution in [3.8, 4) is 5.75 Å². The molecular weight excluding hydrogens is 272 g/mol. The van der Waals surface area contributed by atoms with Crippen molar-refractivity contribution >= 4 is 5.97 Å². The number of ether oxygens (including phenoxy) is 1. The Kier molecular flexibility index (Phi) is 4.71. The Labute approximate surface area is 121 Å². The highest BCUT2D eigenvalue weighted by Crippen LogP contribution is 2.12. The van der Waals surface area contributed by atoms with Gasteiger partial charge in [0.25, 0.3) is 0 Å². The highest BCUT2D eigenvalue weighted by Gasteiger charge is 2.02. The largest absolute Gasteiger partial charge is 0.492 e. The lowest BCUT2D eigenvalue weighted by Gasteiger charge is -2.08. The standard InChI is InChI=1S/C15H16N2O4/c1-11-9-16-15(20)17(10-11)6-7-21-13-4-2-12(3-5-13)8-14(18)19/h2-5,9-10H,6-8H2,1H3,(H,18,19). The molecule has 0 amide bonds. The first-order valence-electron chi connectivity index (χ1n) is 6.51. The molecule has 0 unspecified atom stereocenters. The van der Waals surface area contributed by atoms with Crippen LogP contribution in [0.2, 0.25) is 0 Å². The van der Waals surface area contributed by atoms with E-state index in [0.29, 0.717) is 24.5 Å². The molecule has 6 heteroatoms. The zero-order chi connectivity index (χ0) is 15.2. The minimum absolute atomic E-state index is 0.00929. The van der Waals surface area contributed by atoms with E-state index in [9.17, 15) is 9.59 Å². The molecule has 0 spiro atoms. The van der Waals surface area contributed by atoms with E-state index in [-0.39, 0.29) is 12.1 Å². The Balaban J connectivity index is 1.90. The molecule has 0 aliphatic carbocycles. The molecule has 0 saturated carbocycles. The minimum Gasteiger partial charge on any atom is -0.492 e. The summed E-state index contributed by atoms with van der Waals surface area (Å²) in [6, 6.07) is 6.86. The summed E-state index contributed by atoms with van der Waals surface area (Å²) >= 11 is 0. The summed E-state index contributed by atoms with van der Waals surface area (Å²) in [5, 5.41) is 8.68. The van der Waals surface area contributed by atoms with Gasteiger partial charge in [-0.1, -0.05) is 12.1 Å². The second-order valence-electron chi connectivity index (χ2n) is 4.67. The third kappa shape index (κ3) is 4.45. The molecule has 1 aromatic carbocycles. The number of carbonyl (C=O) groups is 1. The zero-order valence-electron chi connectivity index (χ0n) is 11.7. The predicted molar refractivity (Wildman–Crippen MR) is 76.5 cm³/mol. The molecule has 0 aliphatic rings. The van der Waals surface area contributed by atoms with Gasteiger partial charge in [0.15, 0.2) is 0 Å². The third-order valence-electron chi connectivity index (χ3n) is 2.86. The van der Waals surface area contributed by atoms with E-state index in [0.717, 1.165) is 5.56 Å². The molecule has 1 heterocycles. The lowest BCUT2D eigenvalue weighted by molar-refractivity contribution is -0.136. The number of aromatic nitrogens is 2. The maximum Gasteiger partial charge on any atom is 0.347 e. The Morgan fingerprint density at radius 3 is 2.71 bits per heavy atom. The van der Waals surface area contributed by atoms with Gasteiger partial charge in [-0.15, -0.1) is 0 Å². The molecule has 6 nitrogen and oxygen atoms in total. The van der Waals surface area contributed by atoms with Gasteiger partial charge in [0.2, 0.25) is 0 Å². The van der Waals surface area contributed by atoms with Crippen LogP contribution < -0.4 is 10.4 Å². The van der Waals surface area contributed by atoms with Gasteiger partial charge < -0.3 is 9.84 Å². The van der Waals surface area contributed by atoms with Gasteiger partial charge in [-0.05, 0) is 30.2 Å². The molecule has 0 aliphatic heterocycles. The van der Waals surface area contributed by atoms with Crippen LogP contribution in [0, 0.1) is 6.92 Å². The molecule has 0 fully saturated rings. The van der Waals surface area contributed by atoms with Gasteiger partial charge in [0, 0.05) is 12.4 Å². The molecular formula is C15H16N2O4. The summed E-state index contributed by atoms with van der Waals surface area (Å²) in [6.07, 6.45) is 3.25. The van der Waals surface area contributed by atoms with Crippen LogP contribution in [0.4, 0.5) is 0 Å². The minimum atomic E-state index is -0.866. The number of hydrogen-bond donors (Lipinski definition) is 1. The molecule has 21 heavy (non-hydrogen) atoms. The summed E-state index contributed by atoms with van der Waals surface area (Å²) in [5.41, 5.74) is 1.32. The van der Waals surface area contributed by atoms with Crippen molar-refractivity contribution in [3.63, 3.8) is 0 Å². The quantitative estimate of drug-likeness (QED) is 0.865. The van der Waals surface area contributed by atoms with Crippen LogP contribution in [0.25, 0.3) is 0 Å². The lowest BCUT2D eigenvalue weighted by Crippen LogP contribution is -2.25. The third-order valence-corrected chi connectivity index (χ3v) is 2.86. The van der Waals surface area contributed by atoms with E-state index in [1.807, 2.05) is 6.92 Å². The number of aryl methyl sites for hydroxylation is 1. The number of benzene rings is 1. The number of carboxylic acids is 1. The van der Waals surface area contributed by atoms with Crippen LogP contribution in [0.1, 0.15) is 11.1 Å². The van der Waals surface area contributed by atoms with Crippen LogP contribution in [-0.4, -0.2) is 27.2 Å². The van der Waals surface area contributed by atoms with Gasteiger partial charge in [0.05, 0.1) is 13.0 Å². The fourth-order valence-corrected chi connectivity index (χ4v) is 1.87. The Hall–Kier alpha value is -2.63. The van der Waals surface area contributed by atoms with E-state index in [1.165, 1.54) is 10.8 Å². The molecule has 0 bridgehead atoms. The van der Waals surface area contributed by atoms with Gasteiger partial charge in [-0.3, -0.25) is 9.36 Å². The van der Waals surface area contributed by atoms with E-state index < -0.39 is 5.97 Å². The highest BCUT2D eigenvalue weighted by atomic mass is 16.5. The van der Waals surface area contributed by atoms with Crippen molar-refractivity contribution in [2.75, 3.05) is 6.61 Å². The first-order valence-corrected chi connectivity index (χ1v) is 6.51. The highest BCUT2D eigenvalue weighted by molar-refractivity contribution is 5.70. The first kappa shape index (κ1) is 14.8. The van der Waals surface area contributed by atoms with Crippen LogP contribution >= 0.6 is 0 Å². The fourth-order valence-electron chi connectivity index (χ4n) is 1.87. The van der Waals surface area contributed by atoms with Gasteiger partial charge >= 0.3 is 11.7 Å². The first-order chi connectivity index (χ1) is 10.0. The molecule has 0 saturated heterocycles. The van der Waals surface area contributed by atoms with Crippen molar-refractivity contribution in [2.24, 2.45) is 0 Å². The van der Waals surface area contributed by atoms with Gasteiger partial charge in [-0.25, -0.2) is 9.78 Å². The maximum absolute atomic E-state index is 11.5. The second kappa shape index (κ2) is 6.69. The predicted octanol–water partition coefficient (Wildman–Crippen LogP) is 1.26. The van der Waals surface area contributed by atoms with Crippen molar-refractivity contribution in [2.45, 2.75) is 19.9 Å². The number of carboxylic acid groups (broad SMARTS) is 1. The molecule has 0 radical (unpaired) electrons. The Morgan fingerprint density at radius 1 is 1.33 bits per heavy atom. The molecule has 0 atom stereocenters. The summed E-state index contributed by atoms with van der Waals surface area (Å²) in [6.45, 7) is 2.61. The molecule has 2 rings (SSSR count). The summed E-state index contributed by atoms with van der Waals surface area (Å²) in [7, 11) is 0. The molecule has 1 N–H and O–H groups in total. The van der Waals surface area contributed by atoms with Crippen molar-refractivity contribution in [1.29, 1.82) is 0 Å². The number of rotatable bonds is 6. The van der Waals surface area contributed by atoms with Crippen LogP contribution in [-0.2, 0) is 17.8 Å². The van der Waals surface area contributed by atoms with Crippen LogP contribution in [0.5, 0.6) is 5.75 Å². The fraction of sp³-hybridized carbons (Fsp3) is 0.267. The normalized spacial score (nSPS) is 10.3. The maximum atomic E-state index is 11.5. The van der Waals surface area contributed by atoms with Crippen LogP contribution in [0.15, 0.2) is 41.5 Å². The SMILES string of the molecule is Cc1cnc(=O)n(CCOc2ccc(CC(=O)O)cc2)c1. The van der Waals surface area contributed by atoms with Gasteiger partial charge in [-0.2, -0.15) is 0 Å². The van der Waals surface area contributed by atoms with Crippen molar-refractivity contribution in [3.05, 3.63) is 58.3 Å². The number of nitrogens with zero attached hydrogens (tertiary/aromatic N) is 2. The average Bonchev–Trinajstić information content (AvgIpc) is 2.44. The van der Waals surface area contributed by atoms with Crippen LogP contribution in [0.3, 0.4) is 0 Å². The van der Waals surface area contributed by atoms with Crippen molar-refractivity contribution in [1.82, 2.24) is 9.55 Å². The second-order valence-corrected chi connectivity index (χ2v) is 4.67. The van der Waals surface area contributed by atoms with Crippen molar-refractivity contribution < 1.29 is 14.6 Å². The van der Waals surface area contributed by atoms with E-state index in [4.69, 9.17) is 9.84 Å². The smallest absolute Gasteiger partial charge is 0.347 e. The van der Waals surface area contributed by atoms with E-state index in [1.54, 1.807) is 30.5 Å². The number of hydrogen-bond acceptors (Lipinski definition) is 4.